The molecule has 0 fully saturated rings. The molecule has 0 amide bonds. The Morgan fingerprint density at radius 1 is 1.32 bits per heavy atom. The van der Waals surface area contributed by atoms with E-state index in [1.54, 1.807) is 19.3 Å². The van der Waals surface area contributed by atoms with Gasteiger partial charge in [0, 0.05) is 12.7 Å². The molecule has 0 radical (unpaired) electrons. The molecule has 5 heteroatoms. The van der Waals surface area contributed by atoms with Crippen LogP contribution in [0, 0.1) is 0 Å². The van der Waals surface area contributed by atoms with Crippen molar-refractivity contribution < 1.29 is 24.4 Å². The molecular weight excluding hydrogens is 248 g/mol. The molecule has 1 aliphatic rings. The lowest BCUT2D eigenvalue weighted by Gasteiger charge is -2.14. The van der Waals surface area contributed by atoms with Crippen LogP contribution in [0.25, 0.3) is 6.08 Å². The number of aliphatic hydroxyl groups is 2. The van der Waals surface area contributed by atoms with Crippen molar-refractivity contribution in [2.45, 2.75) is 12.2 Å². The summed E-state index contributed by atoms with van der Waals surface area (Å²) in [7, 11) is 3.10. The van der Waals surface area contributed by atoms with E-state index in [0.717, 1.165) is 11.1 Å². The number of methoxy groups -OCH3 is 2. The maximum absolute atomic E-state index is 9.49. The third kappa shape index (κ3) is 2.58. The highest BCUT2D eigenvalue weighted by atomic mass is 16.7. The number of rotatable bonds is 5. The minimum atomic E-state index is -0.508. The third-order valence-electron chi connectivity index (χ3n) is 3.13. The molecular formula is C14H18O5. The summed E-state index contributed by atoms with van der Waals surface area (Å²) >= 11 is 0. The van der Waals surface area contributed by atoms with Gasteiger partial charge in [0.15, 0.2) is 11.5 Å². The summed E-state index contributed by atoms with van der Waals surface area (Å²) in [6, 6.07) is 3.72. The van der Waals surface area contributed by atoms with Crippen LogP contribution >= 0.6 is 0 Å². The minimum absolute atomic E-state index is 0.0278. The van der Waals surface area contributed by atoms with Gasteiger partial charge in [-0.1, -0.05) is 12.2 Å². The van der Waals surface area contributed by atoms with E-state index in [1.807, 2.05) is 12.1 Å². The van der Waals surface area contributed by atoms with Gasteiger partial charge in [-0.2, -0.15) is 0 Å². The monoisotopic (exact) mass is 266 g/mol. The lowest BCUT2D eigenvalue weighted by Crippen LogP contribution is -2.23. The first-order valence-corrected chi connectivity index (χ1v) is 6.04. The summed E-state index contributed by atoms with van der Waals surface area (Å²) < 4.78 is 16.2. The molecule has 0 aliphatic carbocycles. The SMILES string of the molecule is COc1cc(/C=C/CO)cc2c1OC(OC)C2CO. The Labute approximate surface area is 112 Å². The molecule has 1 aliphatic heterocycles. The van der Waals surface area contributed by atoms with E-state index in [4.69, 9.17) is 19.3 Å². The second-order valence-corrected chi connectivity index (χ2v) is 4.24. The molecule has 2 rings (SSSR count). The smallest absolute Gasteiger partial charge is 0.209 e. The van der Waals surface area contributed by atoms with Crippen LogP contribution in [-0.2, 0) is 4.74 Å². The lowest BCUT2D eigenvalue weighted by atomic mass is 9.98. The predicted octanol–water partition coefficient (Wildman–Crippen LogP) is 1.14. The highest BCUT2D eigenvalue weighted by Crippen LogP contribution is 2.45. The highest BCUT2D eigenvalue weighted by Gasteiger charge is 2.36. The number of fused-ring (bicyclic) bond motifs is 1. The maximum Gasteiger partial charge on any atom is 0.209 e. The fraction of sp³-hybridized carbons (Fsp3) is 0.429. The van der Waals surface area contributed by atoms with Gasteiger partial charge in [0.1, 0.15) is 0 Å². The van der Waals surface area contributed by atoms with Crippen molar-refractivity contribution in [2.75, 3.05) is 27.4 Å². The van der Waals surface area contributed by atoms with Gasteiger partial charge < -0.3 is 24.4 Å². The van der Waals surface area contributed by atoms with Crippen molar-refractivity contribution in [1.29, 1.82) is 0 Å². The topological polar surface area (TPSA) is 68.2 Å². The summed E-state index contributed by atoms with van der Waals surface area (Å²) in [4.78, 5) is 0. The zero-order valence-corrected chi connectivity index (χ0v) is 11.0. The van der Waals surface area contributed by atoms with E-state index < -0.39 is 6.29 Å². The Morgan fingerprint density at radius 2 is 2.11 bits per heavy atom. The van der Waals surface area contributed by atoms with Gasteiger partial charge in [0.25, 0.3) is 0 Å². The van der Waals surface area contributed by atoms with Crippen LogP contribution in [0.2, 0.25) is 0 Å². The van der Waals surface area contributed by atoms with Crippen LogP contribution in [0.4, 0.5) is 0 Å². The van der Waals surface area contributed by atoms with Crippen molar-refractivity contribution in [1.82, 2.24) is 0 Å². The quantitative estimate of drug-likeness (QED) is 0.836. The lowest BCUT2D eigenvalue weighted by molar-refractivity contribution is -0.0639. The molecule has 2 N–H and O–H groups in total. The Bertz CT molecular complexity index is 469. The van der Waals surface area contributed by atoms with Gasteiger partial charge in [0.2, 0.25) is 6.29 Å². The average molecular weight is 266 g/mol. The van der Waals surface area contributed by atoms with Crippen molar-refractivity contribution >= 4 is 6.08 Å². The molecule has 2 atom stereocenters. The fourth-order valence-corrected chi connectivity index (χ4v) is 2.23. The Hall–Kier alpha value is -1.56. The second-order valence-electron chi connectivity index (χ2n) is 4.24. The van der Waals surface area contributed by atoms with Crippen LogP contribution in [0.5, 0.6) is 11.5 Å². The second kappa shape index (κ2) is 6.06. The first-order valence-electron chi connectivity index (χ1n) is 6.04. The van der Waals surface area contributed by atoms with Crippen molar-refractivity contribution in [3.05, 3.63) is 29.3 Å². The number of ether oxygens (including phenoxy) is 3. The molecule has 104 valence electrons. The summed E-state index contributed by atoms with van der Waals surface area (Å²) in [5.74, 6) is 0.957. The molecule has 2 unspecified atom stereocenters. The Balaban J connectivity index is 2.45. The van der Waals surface area contributed by atoms with Crippen molar-refractivity contribution in [3.63, 3.8) is 0 Å². The molecule has 0 aromatic heterocycles. The summed E-state index contributed by atoms with van der Waals surface area (Å²) in [5.41, 5.74) is 1.73. The summed E-state index contributed by atoms with van der Waals surface area (Å²) in [5, 5.41) is 18.3. The summed E-state index contributed by atoms with van der Waals surface area (Å²) in [6.07, 6.45) is 2.92. The highest BCUT2D eigenvalue weighted by molar-refractivity contribution is 5.61. The summed E-state index contributed by atoms with van der Waals surface area (Å²) in [6.45, 7) is -0.0954. The van der Waals surface area contributed by atoms with Gasteiger partial charge in [-0.3, -0.25) is 0 Å². The number of hydrogen-bond acceptors (Lipinski definition) is 5. The van der Waals surface area contributed by atoms with Crippen molar-refractivity contribution in [2.24, 2.45) is 0 Å². The number of benzene rings is 1. The molecule has 0 saturated carbocycles. The molecule has 0 spiro atoms. The van der Waals surface area contributed by atoms with Gasteiger partial charge in [-0.05, 0) is 17.7 Å². The van der Waals surface area contributed by atoms with E-state index in [0.29, 0.717) is 11.5 Å². The molecule has 19 heavy (non-hydrogen) atoms. The van der Waals surface area contributed by atoms with Crippen LogP contribution in [0.3, 0.4) is 0 Å². The van der Waals surface area contributed by atoms with E-state index in [2.05, 4.69) is 0 Å². The van der Waals surface area contributed by atoms with E-state index >= 15 is 0 Å². The largest absolute Gasteiger partial charge is 0.493 e. The average Bonchev–Trinajstić information content (AvgIpc) is 2.81. The molecule has 0 bridgehead atoms. The van der Waals surface area contributed by atoms with E-state index in [-0.39, 0.29) is 19.1 Å². The zero-order valence-electron chi connectivity index (χ0n) is 11.0. The molecule has 1 aromatic carbocycles. The molecule has 1 heterocycles. The maximum atomic E-state index is 9.49. The molecule has 0 saturated heterocycles. The first kappa shape index (κ1) is 13.9. The predicted molar refractivity (Wildman–Crippen MR) is 70.4 cm³/mol. The standard InChI is InChI=1S/C14H18O5/c1-17-12-7-9(4-3-5-15)6-10-11(8-16)14(18-2)19-13(10)12/h3-4,6-7,11,14-16H,5,8H2,1-2H3/b4-3+. The Kier molecular flexibility index (Phi) is 4.42. The van der Waals surface area contributed by atoms with E-state index in [1.165, 1.54) is 7.11 Å². The zero-order chi connectivity index (χ0) is 13.8. The van der Waals surface area contributed by atoms with Crippen molar-refractivity contribution in [3.8, 4) is 11.5 Å². The Morgan fingerprint density at radius 3 is 2.68 bits per heavy atom. The number of aliphatic hydroxyl groups excluding tert-OH is 2. The van der Waals surface area contributed by atoms with Gasteiger partial charge in [-0.25, -0.2) is 0 Å². The first-order chi connectivity index (χ1) is 9.24. The number of hydrogen-bond donors (Lipinski definition) is 2. The fourth-order valence-electron chi connectivity index (χ4n) is 2.23. The molecule has 5 nitrogen and oxygen atoms in total. The van der Waals surface area contributed by atoms with Crippen LogP contribution in [0.15, 0.2) is 18.2 Å². The van der Waals surface area contributed by atoms with Crippen LogP contribution in [0.1, 0.15) is 17.0 Å². The van der Waals surface area contributed by atoms with Gasteiger partial charge in [-0.15, -0.1) is 0 Å². The van der Waals surface area contributed by atoms with Gasteiger partial charge in [0.05, 0.1) is 26.2 Å². The van der Waals surface area contributed by atoms with Crippen LogP contribution < -0.4 is 9.47 Å². The van der Waals surface area contributed by atoms with Gasteiger partial charge >= 0.3 is 0 Å². The van der Waals surface area contributed by atoms with Crippen LogP contribution in [-0.4, -0.2) is 43.9 Å². The normalized spacial score (nSPS) is 21.5. The van der Waals surface area contributed by atoms with E-state index in [9.17, 15) is 5.11 Å². The molecule has 1 aromatic rings. The third-order valence-corrected chi connectivity index (χ3v) is 3.13. The minimum Gasteiger partial charge on any atom is -0.493 e.